The van der Waals surface area contributed by atoms with E-state index in [9.17, 15) is 0 Å². The molecule has 1 aromatic heterocycles. The summed E-state index contributed by atoms with van der Waals surface area (Å²) in [7, 11) is 1.64. The summed E-state index contributed by atoms with van der Waals surface area (Å²) in [5.41, 5.74) is 0. The number of nitrogens with zero attached hydrogens (tertiary/aromatic N) is 3. The van der Waals surface area contributed by atoms with E-state index in [0.29, 0.717) is 5.88 Å². The van der Waals surface area contributed by atoms with Gasteiger partial charge in [0.1, 0.15) is 0 Å². The molecule has 106 valence electrons. The SMILES string of the molecule is CCCN(CC1CCNCC1)c1nccc(OC)n1. The minimum atomic E-state index is 0.636. The summed E-state index contributed by atoms with van der Waals surface area (Å²) in [6.07, 6.45) is 5.35. The summed E-state index contributed by atoms with van der Waals surface area (Å²) in [4.78, 5) is 11.1. The zero-order valence-electron chi connectivity index (χ0n) is 11.9. The van der Waals surface area contributed by atoms with Crippen LogP contribution in [0.1, 0.15) is 26.2 Å². The van der Waals surface area contributed by atoms with E-state index in [0.717, 1.165) is 44.5 Å². The number of methoxy groups -OCH3 is 1. The summed E-state index contributed by atoms with van der Waals surface area (Å²) in [5, 5.41) is 3.41. The highest BCUT2D eigenvalue weighted by atomic mass is 16.5. The molecule has 0 aromatic carbocycles. The normalized spacial score (nSPS) is 16.3. The molecule has 2 heterocycles. The number of hydrogen-bond acceptors (Lipinski definition) is 5. The lowest BCUT2D eigenvalue weighted by atomic mass is 9.97. The average molecular weight is 264 g/mol. The summed E-state index contributed by atoms with van der Waals surface area (Å²) in [6, 6.07) is 1.79. The summed E-state index contributed by atoms with van der Waals surface area (Å²) < 4.78 is 5.19. The Bertz CT molecular complexity index is 379. The van der Waals surface area contributed by atoms with E-state index in [4.69, 9.17) is 4.74 Å². The van der Waals surface area contributed by atoms with Crippen LogP contribution in [0.4, 0.5) is 5.95 Å². The van der Waals surface area contributed by atoms with Crippen LogP contribution in [-0.2, 0) is 0 Å². The van der Waals surface area contributed by atoms with Gasteiger partial charge in [-0.05, 0) is 38.3 Å². The molecule has 1 saturated heterocycles. The molecule has 0 spiro atoms. The van der Waals surface area contributed by atoms with Crippen molar-refractivity contribution in [3.8, 4) is 5.88 Å². The fourth-order valence-electron chi connectivity index (χ4n) is 2.52. The summed E-state index contributed by atoms with van der Waals surface area (Å²) in [5.74, 6) is 2.17. The van der Waals surface area contributed by atoms with Crippen LogP contribution in [0.15, 0.2) is 12.3 Å². The van der Waals surface area contributed by atoms with Crippen molar-refractivity contribution in [2.24, 2.45) is 5.92 Å². The molecule has 1 aromatic rings. The third kappa shape index (κ3) is 4.06. The number of ether oxygens (including phenoxy) is 1. The Kier molecular flexibility index (Phi) is 5.39. The summed E-state index contributed by atoms with van der Waals surface area (Å²) in [6.45, 7) is 6.49. The largest absolute Gasteiger partial charge is 0.481 e. The lowest BCUT2D eigenvalue weighted by Gasteiger charge is -2.30. The molecule has 1 aliphatic rings. The Morgan fingerprint density at radius 2 is 2.21 bits per heavy atom. The number of aromatic nitrogens is 2. The number of piperidine rings is 1. The quantitative estimate of drug-likeness (QED) is 0.847. The molecule has 0 radical (unpaired) electrons. The molecule has 5 nitrogen and oxygen atoms in total. The molecular weight excluding hydrogens is 240 g/mol. The van der Waals surface area contributed by atoms with Crippen LogP contribution in [0.25, 0.3) is 0 Å². The van der Waals surface area contributed by atoms with Gasteiger partial charge in [0.15, 0.2) is 0 Å². The standard InChI is InChI=1S/C14H24N4O/c1-3-10-18(11-12-4-7-15-8-5-12)14-16-9-6-13(17-14)19-2/h6,9,12,15H,3-5,7-8,10-11H2,1-2H3. The zero-order valence-corrected chi connectivity index (χ0v) is 11.9. The van der Waals surface area contributed by atoms with Crippen LogP contribution in [-0.4, -0.2) is 43.3 Å². The zero-order chi connectivity index (χ0) is 13.5. The van der Waals surface area contributed by atoms with Crippen LogP contribution in [0.2, 0.25) is 0 Å². The van der Waals surface area contributed by atoms with Gasteiger partial charge in [-0.15, -0.1) is 0 Å². The Morgan fingerprint density at radius 1 is 1.42 bits per heavy atom. The predicted molar refractivity (Wildman–Crippen MR) is 76.7 cm³/mol. The van der Waals surface area contributed by atoms with E-state index in [1.807, 2.05) is 0 Å². The maximum Gasteiger partial charge on any atom is 0.228 e. The van der Waals surface area contributed by atoms with Crippen molar-refractivity contribution >= 4 is 5.95 Å². The second kappa shape index (κ2) is 7.28. The third-order valence-corrected chi connectivity index (χ3v) is 3.54. The minimum absolute atomic E-state index is 0.636. The van der Waals surface area contributed by atoms with Crippen molar-refractivity contribution in [1.82, 2.24) is 15.3 Å². The van der Waals surface area contributed by atoms with Crippen molar-refractivity contribution in [3.63, 3.8) is 0 Å². The Morgan fingerprint density at radius 3 is 2.89 bits per heavy atom. The first-order valence-corrected chi connectivity index (χ1v) is 7.16. The van der Waals surface area contributed by atoms with Crippen molar-refractivity contribution in [2.45, 2.75) is 26.2 Å². The molecule has 0 aliphatic carbocycles. The Labute approximate surface area is 115 Å². The lowest BCUT2D eigenvalue weighted by Crippen LogP contribution is -2.37. The van der Waals surface area contributed by atoms with Crippen LogP contribution < -0.4 is 15.0 Å². The van der Waals surface area contributed by atoms with Crippen molar-refractivity contribution in [1.29, 1.82) is 0 Å². The molecule has 0 unspecified atom stereocenters. The maximum atomic E-state index is 5.19. The molecule has 0 amide bonds. The molecular formula is C14H24N4O. The van der Waals surface area contributed by atoms with Gasteiger partial charge in [-0.3, -0.25) is 0 Å². The van der Waals surface area contributed by atoms with Gasteiger partial charge >= 0.3 is 0 Å². The second-order valence-corrected chi connectivity index (χ2v) is 5.04. The Balaban J connectivity index is 2.04. The van der Waals surface area contributed by atoms with Gasteiger partial charge in [-0.1, -0.05) is 6.92 Å². The van der Waals surface area contributed by atoms with E-state index >= 15 is 0 Å². The van der Waals surface area contributed by atoms with Gasteiger partial charge in [0.25, 0.3) is 0 Å². The van der Waals surface area contributed by atoms with E-state index in [1.165, 1.54) is 12.8 Å². The number of nitrogens with one attached hydrogen (secondary N) is 1. The molecule has 1 aliphatic heterocycles. The first-order valence-electron chi connectivity index (χ1n) is 7.16. The smallest absolute Gasteiger partial charge is 0.228 e. The van der Waals surface area contributed by atoms with E-state index < -0.39 is 0 Å². The molecule has 5 heteroatoms. The highest BCUT2D eigenvalue weighted by Crippen LogP contribution is 2.18. The number of rotatable bonds is 6. The van der Waals surface area contributed by atoms with Gasteiger partial charge < -0.3 is 15.0 Å². The highest BCUT2D eigenvalue weighted by molar-refractivity contribution is 5.32. The monoisotopic (exact) mass is 264 g/mol. The lowest BCUT2D eigenvalue weighted by molar-refractivity contribution is 0.369. The first-order chi connectivity index (χ1) is 9.33. The molecule has 1 fully saturated rings. The van der Waals surface area contributed by atoms with Gasteiger partial charge in [-0.2, -0.15) is 4.98 Å². The highest BCUT2D eigenvalue weighted by Gasteiger charge is 2.18. The minimum Gasteiger partial charge on any atom is -0.481 e. The van der Waals surface area contributed by atoms with Crippen LogP contribution >= 0.6 is 0 Å². The van der Waals surface area contributed by atoms with E-state index in [1.54, 1.807) is 19.4 Å². The fraction of sp³-hybridized carbons (Fsp3) is 0.714. The van der Waals surface area contributed by atoms with Gasteiger partial charge in [-0.25, -0.2) is 4.98 Å². The number of anilines is 1. The van der Waals surface area contributed by atoms with Gasteiger partial charge in [0.2, 0.25) is 11.8 Å². The van der Waals surface area contributed by atoms with Crippen LogP contribution in [0.3, 0.4) is 0 Å². The molecule has 1 N–H and O–H groups in total. The van der Waals surface area contributed by atoms with Crippen molar-refractivity contribution in [2.75, 3.05) is 38.2 Å². The Hall–Kier alpha value is -1.36. The van der Waals surface area contributed by atoms with Crippen molar-refractivity contribution < 1.29 is 4.74 Å². The van der Waals surface area contributed by atoms with E-state index in [-0.39, 0.29) is 0 Å². The van der Waals surface area contributed by atoms with Gasteiger partial charge in [0.05, 0.1) is 7.11 Å². The molecule has 0 saturated carbocycles. The molecule has 19 heavy (non-hydrogen) atoms. The maximum absolute atomic E-state index is 5.19. The van der Waals surface area contributed by atoms with Crippen molar-refractivity contribution in [3.05, 3.63) is 12.3 Å². The van der Waals surface area contributed by atoms with Crippen LogP contribution in [0, 0.1) is 5.92 Å². The molecule has 0 atom stereocenters. The molecule has 0 bridgehead atoms. The van der Waals surface area contributed by atoms with Crippen LogP contribution in [0.5, 0.6) is 5.88 Å². The average Bonchev–Trinajstić information content (AvgIpc) is 2.48. The predicted octanol–water partition coefficient (Wildman–Crippen LogP) is 1.70. The third-order valence-electron chi connectivity index (χ3n) is 3.54. The van der Waals surface area contributed by atoms with E-state index in [2.05, 4.69) is 27.1 Å². The first kappa shape index (κ1) is 14.1. The summed E-state index contributed by atoms with van der Waals surface area (Å²) >= 11 is 0. The van der Waals surface area contributed by atoms with Gasteiger partial charge in [0, 0.05) is 25.4 Å². The number of hydrogen-bond donors (Lipinski definition) is 1. The fourth-order valence-corrected chi connectivity index (χ4v) is 2.52. The second-order valence-electron chi connectivity index (χ2n) is 5.04. The topological polar surface area (TPSA) is 50.3 Å². The molecule has 2 rings (SSSR count).